The molecule has 3 aromatic rings. The van der Waals surface area contributed by atoms with E-state index in [4.69, 9.17) is 21.3 Å². The van der Waals surface area contributed by atoms with Gasteiger partial charge in [0.2, 0.25) is 0 Å². The zero-order chi connectivity index (χ0) is 17.9. The number of aromatic nitrogens is 2. The number of halogens is 1. The van der Waals surface area contributed by atoms with E-state index in [1.54, 1.807) is 0 Å². The highest BCUT2D eigenvalue weighted by Gasteiger charge is 2.17. The fourth-order valence-corrected chi connectivity index (χ4v) is 3.05. The van der Waals surface area contributed by atoms with Crippen LogP contribution in [0.1, 0.15) is 33.0 Å². The van der Waals surface area contributed by atoms with Crippen LogP contribution in [0.5, 0.6) is 5.75 Å². The van der Waals surface area contributed by atoms with Gasteiger partial charge in [0, 0.05) is 18.0 Å². The van der Waals surface area contributed by atoms with Crippen LogP contribution < -0.4 is 4.74 Å². The summed E-state index contributed by atoms with van der Waals surface area (Å²) in [6, 6.07) is 15.9. The third kappa shape index (κ3) is 4.76. The molecule has 3 nitrogen and oxygen atoms in total. The van der Waals surface area contributed by atoms with E-state index < -0.39 is 0 Å². The molecule has 0 aliphatic carbocycles. The fourth-order valence-electron chi connectivity index (χ4n) is 2.93. The van der Waals surface area contributed by atoms with Crippen LogP contribution in [-0.4, -0.2) is 16.2 Å². The standard InChI is InChI=1S/C21H25ClN2O/c1-21(2,3)15-20-23-18-7-4-5-8-19(18)24(20)13-6-14-25-17-11-9-16(22)10-12-17/h4-5,7-12H,6,13-15H2,1-3H3. The molecule has 0 aliphatic heterocycles. The van der Waals surface area contributed by atoms with Crippen molar-refractivity contribution in [3.05, 3.63) is 59.4 Å². The van der Waals surface area contributed by atoms with Crippen LogP contribution >= 0.6 is 11.6 Å². The Morgan fingerprint density at radius 3 is 2.48 bits per heavy atom. The van der Waals surface area contributed by atoms with Gasteiger partial charge in [0.1, 0.15) is 11.6 Å². The van der Waals surface area contributed by atoms with Crippen LogP contribution in [0.15, 0.2) is 48.5 Å². The van der Waals surface area contributed by atoms with Crippen LogP contribution in [0.2, 0.25) is 5.02 Å². The van der Waals surface area contributed by atoms with E-state index in [9.17, 15) is 0 Å². The molecule has 1 heterocycles. The second-order valence-corrected chi connectivity index (χ2v) is 8.00. The van der Waals surface area contributed by atoms with E-state index in [1.807, 2.05) is 30.3 Å². The molecular weight excluding hydrogens is 332 g/mol. The van der Waals surface area contributed by atoms with Crippen molar-refractivity contribution < 1.29 is 4.74 Å². The lowest BCUT2D eigenvalue weighted by Gasteiger charge is -2.19. The Balaban J connectivity index is 1.69. The van der Waals surface area contributed by atoms with Crippen LogP contribution in [0.3, 0.4) is 0 Å². The highest BCUT2D eigenvalue weighted by molar-refractivity contribution is 6.30. The number of benzene rings is 2. The molecule has 0 amide bonds. The molecule has 0 N–H and O–H groups in total. The van der Waals surface area contributed by atoms with Crippen LogP contribution in [0.25, 0.3) is 11.0 Å². The van der Waals surface area contributed by atoms with Crippen molar-refractivity contribution in [2.45, 2.75) is 40.2 Å². The van der Waals surface area contributed by atoms with Crippen molar-refractivity contribution in [1.29, 1.82) is 0 Å². The first-order chi connectivity index (χ1) is 11.9. The first-order valence-electron chi connectivity index (χ1n) is 8.75. The van der Waals surface area contributed by atoms with Gasteiger partial charge in [-0.25, -0.2) is 4.98 Å². The maximum Gasteiger partial charge on any atom is 0.119 e. The van der Waals surface area contributed by atoms with Gasteiger partial charge in [0.15, 0.2) is 0 Å². The highest BCUT2D eigenvalue weighted by Crippen LogP contribution is 2.24. The smallest absolute Gasteiger partial charge is 0.119 e. The molecule has 2 aromatic carbocycles. The molecule has 25 heavy (non-hydrogen) atoms. The number of nitrogens with zero attached hydrogens (tertiary/aromatic N) is 2. The monoisotopic (exact) mass is 356 g/mol. The largest absolute Gasteiger partial charge is 0.494 e. The minimum absolute atomic E-state index is 0.207. The second-order valence-electron chi connectivity index (χ2n) is 7.56. The topological polar surface area (TPSA) is 27.1 Å². The van der Waals surface area contributed by atoms with Gasteiger partial charge in [0.25, 0.3) is 0 Å². The first-order valence-corrected chi connectivity index (χ1v) is 9.13. The number of para-hydroxylation sites is 2. The maximum atomic E-state index is 5.90. The van der Waals surface area contributed by atoms with Gasteiger partial charge in [-0.15, -0.1) is 0 Å². The average molecular weight is 357 g/mol. The number of imidazole rings is 1. The zero-order valence-corrected chi connectivity index (χ0v) is 15.9. The summed E-state index contributed by atoms with van der Waals surface area (Å²) in [4.78, 5) is 4.85. The predicted octanol–water partition coefficient (Wildman–Crippen LogP) is 5.75. The van der Waals surface area contributed by atoms with Crippen molar-refractivity contribution in [1.82, 2.24) is 9.55 Å². The molecule has 0 radical (unpaired) electrons. The summed E-state index contributed by atoms with van der Waals surface area (Å²) in [5, 5.41) is 0.726. The molecule has 0 unspecified atom stereocenters. The molecule has 1 aromatic heterocycles. The number of hydrogen-bond donors (Lipinski definition) is 0. The minimum atomic E-state index is 0.207. The normalized spacial score (nSPS) is 11.8. The Bertz CT molecular complexity index is 831. The molecule has 0 spiro atoms. The van der Waals surface area contributed by atoms with E-state index in [-0.39, 0.29) is 5.41 Å². The number of aryl methyl sites for hydroxylation is 1. The van der Waals surface area contributed by atoms with Crippen molar-refractivity contribution in [3.63, 3.8) is 0 Å². The van der Waals surface area contributed by atoms with Crippen molar-refractivity contribution in [2.24, 2.45) is 5.41 Å². The third-order valence-corrected chi connectivity index (χ3v) is 4.28. The number of fused-ring (bicyclic) bond motifs is 1. The molecule has 0 bridgehead atoms. The van der Waals surface area contributed by atoms with Crippen molar-refractivity contribution in [2.75, 3.05) is 6.61 Å². The van der Waals surface area contributed by atoms with E-state index in [1.165, 1.54) is 5.52 Å². The predicted molar refractivity (Wildman–Crippen MR) is 104 cm³/mol. The van der Waals surface area contributed by atoms with Gasteiger partial charge >= 0.3 is 0 Å². The molecule has 0 aliphatic rings. The molecule has 0 atom stereocenters. The minimum Gasteiger partial charge on any atom is -0.494 e. The average Bonchev–Trinajstić information content (AvgIpc) is 2.88. The SMILES string of the molecule is CC(C)(C)Cc1nc2ccccc2n1CCCOc1ccc(Cl)cc1. The molecule has 0 saturated heterocycles. The Kier molecular flexibility index (Phi) is 5.33. The van der Waals surface area contributed by atoms with Crippen molar-refractivity contribution >= 4 is 22.6 Å². The van der Waals surface area contributed by atoms with Crippen LogP contribution in [0, 0.1) is 5.41 Å². The number of rotatable bonds is 6. The quantitative estimate of drug-likeness (QED) is 0.526. The van der Waals surface area contributed by atoms with E-state index in [0.29, 0.717) is 6.61 Å². The highest BCUT2D eigenvalue weighted by atomic mass is 35.5. The Morgan fingerprint density at radius 2 is 1.76 bits per heavy atom. The first kappa shape index (κ1) is 17.8. The lowest BCUT2D eigenvalue weighted by Crippen LogP contribution is -2.15. The molecule has 0 saturated carbocycles. The fraction of sp³-hybridized carbons (Fsp3) is 0.381. The summed E-state index contributed by atoms with van der Waals surface area (Å²) in [6.45, 7) is 8.32. The molecule has 3 rings (SSSR count). The molecule has 4 heteroatoms. The van der Waals surface area contributed by atoms with Crippen LogP contribution in [-0.2, 0) is 13.0 Å². The Hall–Kier alpha value is -2.00. The summed E-state index contributed by atoms with van der Waals surface area (Å²) in [6.07, 6.45) is 1.89. The summed E-state index contributed by atoms with van der Waals surface area (Å²) in [5.41, 5.74) is 2.48. The lowest BCUT2D eigenvalue weighted by atomic mass is 9.92. The summed E-state index contributed by atoms with van der Waals surface area (Å²) >= 11 is 5.90. The zero-order valence-electron chi connectivity index (χ0n) is 15.1. The maximum absolute atomic E-state index is 5.90. The molecular formula is C21H25ClN2O. The van der Waals surface area contributed by atoms with Gasteiger partial charge in [-0.2, -0.15) is 0 Å². The van der Waals surface area contributed by atoms with E-state index >= 15 is 0 Å². The summed E-state index contributed by atoms with van der Waals surface area (Å²) in [5.74, 6) is 2.01. The molecule has 132 valence electrons. The Labute approximate surface area is 154 Å². The van der Waals surface area contributed by atoms with E-state index in [2.05, 4.69) is 43.5 Å². The second kappa shape index (κ2) is 7.49. The van der Waals surface area contributed by atoms with Crippen molar-refractivity contribution in [3.8, 4) is 5.75 Å². The van der Waals surface area contributed by atoms with E-state index in [0.717, 1.165) is 41.5 Å². The Morgan fingerprint density at radius 1 is 1.04 bits per heavy atom. The lowest BCUT2D eigenvalue weighted by molar-refractivity contribution is 0.300. The number of hydrogen-bond acceptors (Lipinski definition) is 2. The van der Waals surface area contributed by atoms with Gasteiger partial charge in [-0.05, 0) is 48.2 Å². The van der Waals surface area contributed by atoms with Gasteiger partial charge < -0.3 is 9.30 Å². The van der Waals surface area contributed by atoms with Gasteiger partial charge in [-0.3, -0.25) is 0 Å². The third-order valence-electron chi connectivity index (χ3n) is 4.03. The number of ether oxygens (including phenoxy) is 1. The van der Waals surface area contributed by atoms with Crippen LogP contribution in [0.4, 0.5) is 0 Å². The van der Waals surface area contributed by atoms with Gasteiger partial charge in [0.05, 0.1) is 17.6 Å². The summed E-state index contributed by atoms with van der Waals surface area (Å²) in [7, 11) is 0. The van der Waals surface area contributed by atoms with Gasteiger partial charge in [-0.1, -0.05) is 44.5 Å². The summed E-state index contributed by atoms with van der Waals surface area (Å²) < 4.78 is 8.16. The molecule has 0 fully saturated rings.